The number of nitrogens with zero attached hydrogens (tertiary/aromatic N) is 2. The van der Waals surface area contributed by atoms with Gasteiger partial charge < -0.3 is 24.8 Å². The van der Waals surface area contributed by atoms with Crippen molar-refractivity contribution in [2.24, 2.45) is 10.4 Å². The van der Waals surface area contributed by atoms with Gasteiger partial charge in [0.05, 0.1) is 40.0 Å². The third kappa shape index (κ3) is 9.41. The summed E-state index contributed by atoms with van der Waals surface area (Å²) in [6, 6.07) is 6.29. The molecule has 31 heavy (non-hydrogen) atoms. The van der Waals surface area contributed by atoms with Gasteiger partial charge >= 0.3 is 0 Å². The van der Waals surface area contributed by atoms with E-state index in [4.69, 9.17) is 19.2 Å². The minimum absolute atomic E-state index is 0. The summed E-state index contributed by atoms with van der Waals surface area (Å²) in [6.07, 6.45) is 1.08. The third-order valence-electron chi connectivity index (χ3n) is 5.21. The van der Waals surface area contributed by atoms with Gasteiger partial charge in [-0.2, -0.15) is 0 Å². The highest BCUT2D eigenvalue weighted by molar-refractivity contribution is 14.0. The van der Waals surface area contributed by atoms with Gasteiger partial charge in [0.15, 0.2) is 17.5 Å². The number of ether oxygens (including phenoxy) is 3. The van der Waals surface area contributed by atoms with Gasteiger partial charge in [0, 0.05) is 26.2 Å². The molecule has 1 unspecified atom stereocenters. The Bertz CT molecular complexity index is 673. The number of halogens is 1. The molecule has 1 aromatic carbocycles. The van der Waals surface area contributed by atoms with E-state index < -0.39 is 0 Å². The molecule has 1 fully saturated rings. The first-order valence-electron chi connectivity index (χ1n) is 10.9. The average Bonchev–Trinajstić information content (AvgIpc) is 2.73. The van der Waals surface area contributed by atoms with Crippen molar-refractivity contribution in [2.45, 2.75) is 40.2 Å². The summed E-state index contributed by atoms with van der Waals surface area (Å²) in [6.45, 7) is 14.5. The highest BCUT2D eigenvalue weighted by atomic mass is 127. The Morgan fingerprint density at radius 2 is 1.81 bits per heavy atom. The molecule has 0 spiro atoms. The smallest absolute Gasteiger partial charge is 0.191 e. The van der Waals surface area contributed by atoms with E-state index in [0.717, 1.165) is 63.3 Å². The summed E-state index contributed by atoms with van der Waals surface area (Å²) < 4.78 is 16.5. The lowest BCUT2D eigenvalue weighted by Gasteiger charge is -2.34. The predicted octanol–water partition coefficient (Wildman–Crippen LogP) is 3.69. The van der Waals surface area contributed by atoms with Crippen LogP contribution < -0.4 is 20.1 Å². The lowest BCUT2D eigenvalue weighted by atomic mass is 9.92. The molecule has 178 valence electrons. The third-order valence-corrected chi connectivity index (χ3v) is 5.21. The first-order valence-corrected chi connectivity index (χ1v) is 10.9. The largest absolute Gasteiger partial charge is 0.493 e. The highest BCUT2D eigenvalue weighted by Gasteiger charge is 2.24. The average molecular weight is 549 g/mol. The topological polar surface area (TPSA) is 67.4 Å². The number of hydrogen-bond acceptors (Lipinski definition) is 5. The first-order chi connectivity index (χ1) is 14.4. The number of rotatable bonds is 9. The summed E-state index contributed by atoms with van der Waals surface area (Å²) in [7, 11) is 3.33. The van der Waals surface area contributed by atoms with Gasteiger partial charge in [0.25, 0.3) is 0 Å². The molecule has 0 aromatic heterocycles. The number of nitrogens with one attached hydrogen (secondary N) is 2. The second-order valence-electron chi connectivity index (χ2n) is 8.74. The van der Waals surface area contributed by atoms with Gasteiger partial charge in [-0.05, 0) is 36.5 Å². The van der Waals surface area contributed by atoms with E-state index in [1.54, 1.807) is 14.2 Å². The van der Waals surface area contributed by atoms with Crippen molar-refractivity contribution >= 4 is 29.9 Å². The van der Waals surface area contributed by atoms with E-state index in [1.165, 1.54) is 5.56 Å². The molecule has 0 aliphatic carbocycles. The molecular formula is C23H41IN4O3. The van der Waals surface area contributed by atoms with Gasteiger partial charge in [0.2, 0.25) is 0 Å². The van der Waals surface area contributed by atoms with E-state index in [-0.39, 0.29) is 30.0 Å². The van der Waals surface area contributed by atoms with Crippen LogP contribution in [0.15, 0.2) is 23.2 Å². The van der Waals surface area contributed by atoms with Crippen LogP contribution in [-0.2, 0) is 4.74 Å². The van der Waals surface area contributed by atoms with E-state index in [1.807, 2.05) is 6.07 Å². The summed E-state index contributed by atoms with van der Waals surface area (Å²) in [5, 5.41) is 6.85. The second kappa shape index (κ2) is 14.0. The zero-order chi connectivity index (χ0) is 22.0. The minimum atomic E-state index is 0. The van der Waals surface area contributed by atoms with Gasteiger partial charge in [-0.25, -0.2) is 0 Å². The van der Waals surface area contributed by atoms with Crippen LogP contribution in [-0.4, -0.2) is 71.0 Å². The summed E-state index contributed by atoms with van der Waals surface area (Å²) in [5.74, 6) is 2.34. The molecule has 0 bridgehead atoms. The number of hydrogen-bond donors (Lipinski definition) is 2. The Balaban J connectivity index is 0.00000480. The first kappa shape index (κ1) is 27.8. The molecule has 1 aliphatic rings. The second-order valence-corrected chi connectivity index (χ2v) is 8.74. The predicted molar refractivity (Wildman–Crippen MR) is 138 cm³/mol. The zero-order valence-corrected chi connectivity index (χ0v) is 22.3. The lowest BCUT2D eigenvalue weighted by molar-refractivity contribution is 0.0179. The number of guanidine groups is 1. The Morgan fingerprint density at radius 3 is 2.39 bits per heavy atom. The molecule has 1 heterocycles. The lowest BCUT2D eigenvalue weighted by Crippen LogP contribution is -2.42. The zero-order valence-electron chi connectivity index (χ0n) is 20.0. The van der Waals surface area contributed by atoms with Crippen LogP contribution in [0.25, 0.3) is 0 Å². The minimum Gasteiger partial charge on any atom is -0.493 e. The molecule has 1 aromatic rings. The van der Waals surface area contributed by atoms with Crippen molar-refractivity contribution in [3.05, 3.63) is 23.8 Å². The molecule has 0 amide bonds. The van der Waals surface area contributed by atoms with E-state index in [2.05, 4.69) is 55.4 Å². The molecule has 1 saturated heterocycles. The summed E-state index contributed by atoms with van der Waals surface area (Å²) in [4.78, 5) is 7.36. The van der Waals surface area contributed by atoms with Crippen molar-refractivity contribution in [3.63, 3.8) is 0 Å². The fourth-order valence-electron chi connectivity index (χ4n) is 3.46. The van der Waals surface area contributed by atoms with Crippen LogP contribution in [0.1, 0.15) is 45.7 Å². The van der Waals surface area contributed by atoms with E-state index in [9.17, 15) is 0 Å². The molecule has 1 aliphatic heterocycles. The van der Waals surface area contributed by atoms with Gasteiger partial charge in [0.1, 0.15) is 0 Å². The van der Waals surface area contributed by atoms with Crippen LogP contribution >= 0.6 is 24.0 Å². The van der Waals surface area contributed by atoms with Crippen molar-refractivity contribution < 1.29 is 14.2 Å². The van der Waals surface area contributed by atoms with Crippen molar-refractivity contribution in [2.75, 3.05) is 60.2 Å². The van der Waals surface area contributed by atoms with Crippen LogP contribution in [0.4, 0.5) is 0 Å². The molecule has 8 heteroatoms. The monoisotopic (exact) mass is 548 g/mol. The van der Waals surface area contributed by atoms with Gasteiger partial charge in [-0.3, -0.25) is 9.89 Å². The Kier molecular flexibility index (Phi) is 12.5. The summed E-state index contributed by atoms with van der Waals surface area (Å²) in [5.41, 5.74) is 1.46. The fourth-order valence-corrected chi connectivity index (χ4v) is 3.46. The highest BCUT2D eigenvalue weighted by Crippen LogP contribution is 2.32. The van der Waals surface area contributed by atoms with Gasteiger partial charge in [-0.1, -0.05) is 26.8 Å². The Labute approximate surface area is 205 Å². The molecule has 0 saturated carbocycles. The van der Waals surface area contributed by atoms with Crippen molar-refractivity contribution in [1.29, 1.82) is 0 Å². The molecule has 1 atom stereocenters. The molecule has 2 rings (SSSR count). The van der Waals surface area contributed by atoms with Crippen molar-refractivity contribution in [3.8, 4) is 11.5 Å². The van der Waals surface area contributed by atoms with E-state index in [0.29, 0.717) is 12.0 Å². The molecule has 7 nitrogen and oxygen atoms in total. The maximum absolute atomic E-state index is 5.57. The normalized spacial score (nSPS) is 16.3. The fraction of sp³-hybridized carbons (Fsp3) is 0.696. The molecular weight excluding hydrogens is 507 g/mol. The maximum atomic E-state index is 5.57. The van der Waals surface area contributed by atoms with Crippen LogP contribution in [0.3, 0.4) is 0 Å². The van der Waals surface area contributed by atoms with Crippen LogP contribution in [0.5, 0.6) is 11.5 Å². The van der Waals surface area contributed by atoms with Crippen molar-refractivity contribution in [1.82, 2.24) is 15.5 Å². The quantitative estimate of drug-likeness (QED) is 0.279. The SMILES string of the molecule is CCNC(=NCC(c1ccc(OC)c(OC)c1)N1CCOCC1)NCCC(C)(C)C.I. The van der Waals surface area contributed by atoms with Crippen LogP contribution in [0.2, 0.25) is 0 Å². The number of methoxy groups -OCH3 is 2. The number of benzene rings is 1. The summed E-state index contributed by atoms with van der Waals surface area (Å²) >= 11 is 0. The molecule has 0 radical (unpaired) electrons. The Hall–Kier alpha value is -1.26. The Morgan fingerprint density at radius 1 is 1.13 bits per heavy atom. The molecule has 2 N–H and O–H groups in total. The van der Waals surface area contributed by atoms with Crippen LogP contribution in [0, 0.1) is 5.41 Å². The van der Waals surface area contributed by atoms with Gasteiger partial charge in [-0.15, -0.1) is 24.0 Å². The van der Waals surface area contributed by atoms with E-state index >= 15 is 0 Å². The standard InChI is InChI=1S/C23H40N4O3.HI/c1-7-24-22(25-11-10-23(2,3)4)26-17-19(27-12-14-30-15-13-27)18-8-9-20(28-5)21(16-18)29-6;/h8-9,16,19H,7,10-15,17H2,1-6H3,(H2,24,25,26);1H. The maximum Gasteiger partial charge on any atom is 0.191 e. The number of aliphatic imine (C=N–C) groups is 1. The number of morpholine rings is 1.